The van der Waals surface area contributed by atoms with Crippen LogP contribution < -0.4 is 20.5 Å². The molecule has 0 aliphatic heterocycles. The Hall–Kier alpha value is -2.12. The first kappa shape index (κ1) is 20.2. The molecular weight excluding hydrogens is 350 g/mol. The highest BCUT2D eigenvalue weighted by atomic mass is 32.1. The second-order valence-corrected chi connectivity index (χ2v) is 7.31. The van der Waals surface area contributed by atoms with Gasteiger partial charge in [-0.15, -0.1) is 11.3 Å². The zero-order valence-corrected chi connectivity index (χ0v) is 16.4. The van der Waals surface area contributed by atoms with Crippen LogP contribution in [0, 0.1) is 5.92 Å². The van der Waals surface area contributed by atoms with E-state index >= 15 is 0 Å². The summed E-state index contributed by atoms with van der Waals surface area (Å²) in [7, 11) is 1.61. The standard InChI is InChI=1S/C19H27N3O3S/c1-13(2)7-9-25-16-5-4-14(10-17(16)24-3)11-21-19(23)15-12-26-18(22-15)6-8-20/h4-5,10,12-13H,6-9,11,20H2,1-3H3,(H,21,23). The van der Waals surface area contributed by atoms with E-state index in [9.17, 15) is 4.79 Å². The molecule has 142 valence electrons. The van der Waals surface area contributed by atoms with Crippen LogP contribution in [-0.4, -0.2) is 31.2 Å². The Bertz CT molecular complexity index is 716. The number of aromatic nitrogens is 1. The highest BCUT2D eigenvalue weighted by molar-refractivity contribution is 7.09. The van der Waals surface area contributed by atoms with Crippen LogP contribution >= 0.6 is 11.3 Å². The van der Waals surface area contributed by atoms with Crippen LogP contribution in [0.2, 0.25) is 0 Å². The van der Waals surface area contributed by atoms with Crippen molar-refractivity contribution in [3.05, 3.63) is 39.8 Å². The van der Waals surface area contributed by atoms with Gasteiger partial charge in [-0.25, -0.2) is 4.98 Å². The van der Waals surface area contributed by atoms with Crippen molar-refractivity contribution in [1.29, 1.82) is 0 Å². The molecule has 3 N–H and O–H groups in total. The quantitative estimate of drug-likeness (QED) is 0.665. The molecule has 1 aromatic heterocycles. The maximum Gasteiger partial charge on any atom is 0.271 e. The summed E-state index contributed by atoms with van der Waals surface area (Å²) in [6.07, 6.45) is 1.67. The molecule has 0 aliphatic carbocycles. The monoisotopic (exact) mass is 377 g/mol. The smallest absolute Gasteiger partial charge is 0.271 e. The summed E-state index contributed by atoms with van der Waals surface area (Å²) in [5, 5.41) is 5.51. The van der Waals surface area contributed by atoms with Crippen molar-refractivity contribution in [3.63, 3.8) is 0 Å². The van der Waals surface area contributed by atoms with Crippen LogP contribution in [0.25, 0.3) is 0 Å². The first-order valence-corrected chi connectivity index (χ1v) is 9.63. The lowest BCUT2D eigenvalue weighted by atomic mass is 10.1. The van der Waals surface area contributed by atoms with E-state index in [1.165, 1.54) is 11.3 Å². The molecule has 1 amide bonds. The molecule has 0 saturated carbocycles. The average molecular weight is 378 g/mol. The van der Waals surface area contributed by atoms with E-state index in [0.717, 1.165) is 17.0 Å². The number of thiazole rings is 1. The molecule has 0 radical (unpaired) electrons. The van der Waals surface area contributed by atoms with E-state index in [2.05, 4.69) is 24.1 Å². The number of nitrogens with two attached hydrogens (primary N) is 1. The highest BCUT2D eigenvalue weighted by Crippen LogP contribution is 2.28. The van der Waals surface area contributed by atoms with Crippen LogP contribution in [0.4, 0.5) is 0 Å². The van der Waals surface area contributed by atoms with E-state index in [-0.39, 0.29) is 5.91 Å². The Morgan fingerprint density at radius 3 is 2.85 bits per heavy atom. The van der Waals surface area contributed by atoms with E-state index < -0.39 is 0 Å². The van der Waals surface area contributed by atoms with Crippen LogP contribution in [0.5, 0.6) is 11.5 Å². The number of carbonyl (C=O) groups is 1. The number of nitrogens with one attached hydrogen (secondary N) is 1. The Morgan fingerprint density at radius 2 is 2.15 bits per heavy atom. The van der Waals surface area contributed by atoms with Gasteiger partial charge in [0.05, 0.1) is 18.7 Å². The van der Waals surface area contributed by atoms with Gasteiger partial charge in [0, 0.05) is 18.3 Å². The van der Waals surface area contributed by atoms with Gasteiger partial charge < -0.3 is 20.5 Å². The van der Waals surface area contributed by atoms with Crippen LogP contribution in [-0.2, 0) is 13.0 Å². The number of ether oxygens (including phenoxy) is 2. The largest absolute Gasteiger partial charge is 0.493 e. The minimum Gasteiger partial charge on any atom is -0.493 e. The van der Waals surface area contributed by atoms with Gasteiger partial charge in [-0.3, -0.25) is 4.79 Å². The zero-order chi connectivity index (χ0) is 18.9. The first-order chi connectivity index (χ1) is 12.5. The van der Waals surface area contributed by atoms with Crippen molar-refractivity contribution in [2.45, 2.75) is 33.2 Å². The number of methoxy groups -OCH3 is 1. The molecular formula is C19H27N3O3S. The Labute approximate surface area is 158 Å². The summed E-state index contributed by atoms with van der Waals surface area (Å²) in [6, 6.07) is 5.68. The molecule has 0 unspecified atom stereocenters. The molecule has 7 heteroatoms. The second kappa shape index (κ2) is 10.1. The maximum absolute atomic E-state index is 12.2. The molecule has 2 rings (SSSR count). The van der Waals surface area contributed by atoms with Gasteiger partial charge in [0.15, 0.2) is 11.5 Å². The summed E-state index contributed by atoms with van der Waals surface area (Å²) in [5.74, 6) is 1.78. The summed E-state index contributed by atoms with van der Waals surface area (Å²) in [5.41, 5.74) is 6.87. The SMILES string of the molecule is COc1cc(CNC(=O)c2csc(CCN)n2)ccc1OCCC(C)C. The molecule has 0 saturated heterocycles. The number of benzene rings is 1. The number of hydrogen-bond acceptors (Lipinski definition) is 6. The number of nitrogens with zero attached hydrogens (tertiary/aromatic N) is 1. The highest BCUT2D eigenvalue weighted by Gasteiger charge is 2.11. The van der Waals surface area contributed by atoms with Gasteiger partial charge in [0.1, 0.15) is 5.69 Å². The first-order valence-electron chi connectivity index (χ1n) is 8.75. The van der Waals surface area contributed by atoms with Crippen LogP contribution in [0.1, 0.15) is 41.3 Å². The van der Waals surface area contributed by atoms with Crippen molar-refractivity contribution >= 4 is 17.2 Å². The van der Waals surface area contributed by atoms with Crippen LogP contribution in [0.15, 0.2) is 23.6 Å². The predicted molar refractivity (Wildman–Crippen MR) is 104 cm³/mol. The Balaban J connectivity index is 1.93. The minimum absolute atomic E-state index is 0.194. The van der Waals surface area contributed by atoms with Gasteiger partial charge in [0.2, 0.25) is 0 Å². The Morgan fingerprint density at radius 1 is 1.35 bits per heavy atom. The lowest BCUT2D eigenvalue weighted by Gasteiger charge is -2.13. The fourth-order valence-electron chi connectivity index (χ4n) is 2.27. The molecule has 6 nitrogen and oxygen atoms in total. The zero-order valence-electron chi connectivity index (χ0n) is 15.6. The van der Waals surface area contributed by atoms with Crippen molar-refractivity contribution < 1.29 is 14.3 Å². The lowest BCUT2D eigenvalue weighted by molar-refractivity contribution is 0.0946. The summed E-state index contributed by atoms with van der Waals surface area (Å²) < 4.78 is 11.2. The van der Waals surface area contributed by atoms with Crippen molar-refractivity contribution in [1.82, 2.24) is 10.3 Å². The number of hydrogen-bond donors (Lipinski definition) is 2. The molecule has 1 aromatic carbocycles. The van der Waals surface area contributed by atoms with Gasteiger partial charge in [0.25, 0.3) is 5.91 Å². The molecule has 0 fully saturated rings. The predicted octanol–water partition coefficient (Wildman–Crippen LogP) is 3.01. The fourth-order valence-corrected chi connectivity index (χ4v) is 3.07. The molecule has 26 heavy (non-hydrogen) atoms. The summed E-state index contributed by atoms with van der Waals surface area (Å²) in [4.78, 5) is 16.5. The third kappa shape index (κ3) is 6.00. The van der Waals surface area contributed by atoms with E-state index in [0.29, 0.717) is 49.2 Å². The average Bonchev–Trinajstić information content (AvgIpc) is 3.09. The Kier molecular flexibility index (Phi) is 7.87. The normalized spacial score (nSPS) is 10.8. The van der Waals surface area contributed by atoms with Gasteiger partial charge in [-0.05, 0) is 36.6 Å². The second-order valence-electron chi connectivity index (χ2n) is 6.36. The molecule has 1 heterocycles. The molecule has 2 aromatic rings. The number of rotatable bonds is 10. The van der Waals surface area contributed by atoms with Gasteiger partial charge >= 0.3 is 0 Å². The van der Waals surface area contributed by atoms with E-state index in [4.69, 9.17) is 15.2 Å². The topological polar surface area (TPSA) is 86.5 Å². The summed E-state index contributed by atoms with van der Waals surface area (Å²) >= 11 is 1.45. The summed E-state index contributed by atoms with van der Waals surface area (Å²) in [6.45, 7) is 5.89. The maximum atomic E-state index is 12.2. The molecule has 0 spiro atoms. The number of carbonyl (C=O) groups excluding carboxylic acids is 1. The van der Waals surface area contributed by atoms with Crippen molar-refractivity contribution in [2.24, 2.45) is 11.7 Å². The van der Waals surface area contributed by atoms with E-state index in [1.807, 2.05) is 18.2 Å². The van der Waals surface area contributed by atoms with Gasteiger partial charge in [-0.1, -0.05) is 19.9 Å². The third-order valence-corrected chi connectivity index (χ3v) is 4.69. The molecule has 0 atom stereocenters. The van der Waals surface area contributed by atoms with Crippen molar-refractivity contribution in [3.8, 4) is 11.5 Å². The fraction of sp³-hybridized carbons (Fsp3) is 0.474. The number of amides is 1. The van der Waals surface area contributed by atoms with E-state index in [1.54, 1.807) is 12.5 Å². The lowest BCUT2D eigenvalue weighted by Crippen LogP contribution is -2.23. The molecule has 0 bridgehead atoms. The third-order valence-electron chi connectivity index (χ3n) is 3.78. The van der Waals surface area contributed by atoms with Gasteiger partial charge in [-0.2, -0.15) is 0 Å². The molecule has 0 aliphatic rings. The minimum atomic E-state index is -0.194. The van der Waals surface area contributed by atoms with Crippen molar-refractivity contribution in [2.75, 3.05) is 20.3 Å². The van der Waals surface area contributed by atoms with Crippen LogP contribution in [0.3, 0.4) is 0 Å².